The summed E-state index contributed by atoms with van der Waals surface area (Å²) in [5, 5.41) is 13.0. The van der Waals surface area contributed by atoms with E-state index in [1.165, 1.54) is 11.9 Å². The third kappa shape index (κ3) is 3.05. The van der Waals surface area contributed by atoms with E-state index in [2.05, 4.69) is 15.1 Å². The van der Waals surface area contributed by atoms with Crippen LogP contribution >= 0.6 is 0 Å². The number of aromatic nitrogens is 4. The molecule has 23 heavy (non-hydrogen) atoms. The maximum Gasteiger partial charge on any atom is 0.356 e. The van der Waals surface area contributed by atoms with E-state index in [1.807, 2.05) is 17.8 Å². The van der Waals surface area contributed by atoms with Gasteiger partial charge in [0.15, 0.2) is 5.69 Å². The van der Waals surface area contributed by atoms with E-state index in [0.29, 0.717) is 19.0 Å². The molecule has 0 bridgehead atoms. The van der Waals surface area contributed by atoms with Crippen LogP contribution in [-0.2, 0) is 7.05 Å². The van der Waals surface area contributed by atoms with Gasteiger partial charge in [-0.1, -0.05) is 0 Å². The number of rotatable bonds is 3. The second kappa shape index (κ2) is 6.15. The Bertz CT molecular complexity index is 717. The van der Waals surface area contributed by atoms with Gasteiger partial charge in [-0.05, 0) is 18.9 Å². The predicted molar refractivity (Wildman–Crippen MR) is 80.1 cm³/mol. The minimum absolute atomic E-state index is 0.170. The molecule has 1 aliphatic rings. The first-order valence-corrected chi connectivity index (χ1v) is 7.39. The summed E-state index contributed by atoms with van der Waals surface area (Å²) in [6, 6.07) is 2.01. The van der Waals surface area contributed by atoms with Crippen LogP contribution in [0.25, 0.3) is 0 Å². The molecular weight excluding hydrogens is 298 g/mol. The number of aromatic carboxylic acids is 1. The van der Waals surface area contributed by atoms with Crippen molar-refractivity contribution in [2.24, 2.45) is 7.05 Å². The normalized spacial score (nSPS) is 15.6. The number of amides is 1. The van der Waals surface area contributed by atoms with Gasteiger partial charge in [0.1, 0.15) is 5.69 Å². The van der Waals surface area contributed by atoms with Gasteiger partial charge in [-0.2, -0.15) is 5.10 Å². The molecule has 8 heteroatoms. The number of carbonyl (C=O) groups excluding carboxylic acids is 1. The quantitative estimate of drug-likeness (QED) is 0.904. The Balaban J connectivity index is 1.64. The minimum atomic E-state index is -1.16. The number of likely N-dealkylation sites (tertiary alicyclic amines) is 1. The van der Waals surface area contributed by atoms with Gasteiger partial charge in [-0.3, -0.25) is 9.48 Å². The molecule has 0 atom stereocenters. The molecule has 0 saturated carbocycles. The van der Waals surface area contributed by atoms with Crippen molar-refractivity contribution in [3.8, 4) is 0 Å². The fraction of sp³-hybridized carbons (Fsp3) is 0.400. The summed E-state index contributed by atoms with van der Waals surface area (Å²) < 4.78 is 1.87. The predicted octanol–water partition coefficient (Wildman–Crippen LogP) is 0.928. The molecule has 1 amide bonds. The summed E-state index contributed by atoms with van der Waals surface area (Å²) in [6.45, 7) is 1.27. The number of hydrogen-bond donors (Lipinski definition) is 1. The van der Waals surface area contributed by atoms with E-state index >= 15 is 0 Å². The Kier molecular flexibility index (Phi) is 4.05. The highest BCUT2D eigenvalue weighted by Crippen LogP contribution is 2.27. The smallest absolute Gasteiger partial charge is 0.356 e. The molecular formula is C15H17N5O3. The Labute approximate surface area is 132 Å². The topological polar surface area (TPSA) is 101 Å². The Morgan fingerprint density at radius 3 is 2.35 bits per heavy atom. The van der Waals surface area contributed by atoms with Crippen LogP contribution in [0.5, 0.6) is 0 Å². The van der Waals surface area contributed by atoms with Gasteiger partial charge >= 0.3 is 5.97 Å². The number of carboxylic acid groups (broad SMARTS) is 1. The van der Waals surface area contributed by atoms with Gasteiger partial charge in [0.25, 0.3) is 5.91 Å². The highest BCUT2D eigenvalue weighted by atomic mass is 16.4. The molecule has 1 fully saturated rings. The largest absolute Gasteiger partial charge is 0.476 e. The summed E-state index contributed by atoms with van der Waals surface area (Å²) in [5.41, 5.74) is 1.19. The second-order valence-electron chi connectivity index (χ2n) is 5.54. The van der Waals surface area contributed by atoms with Crippen LogP contribution in [0.3, 0.4) is 0 Å². The van der Waals surface area contributed by atoms with Crippen molar-refractivity contribution in [3.63, 3.8) is 0 Å². The van der Waals surface area contributed by atoms with E-state index in [0.717, 1.165) is 19.0 Å². The van der Waals surface area contributed by atoms with E-state index < -0.39 is 5.97 Å². The van der Waals surface area contributed by atoms with Crippen LogP contribution < -0.4 is 0 Å². The van der Waals surface area contributed by atoms with Crippen molar-refractivity contribution >= 4 is 11.9 Å². The van der Waals surface area contributed by atoms with Crippen molar-refractivity contribution in [2.75, 3.05) is 13.1 Å². The maximum absolute atomic E-state index is 12.4. The van der Waals surface area contributed by atoms with Crippen molar-refractivity contribution in [1.29, 1.82) is 0 Å². The lowest BCUT2D eigenvalue weighted by atomic mass is 9.93. The molecule has 8 nitrogen and oxygen atoms in total. The third-order valence-electron chi connectivity index (χ3n) is 4.15. The lowest BCUT2D eigenvalue weighted by molar-refractivity contribution is 0.0678. The van der Waals surface area contributed by atoms with Crippen LogP contribution in [0.1, 0.15) is 45.4 Å². The molecule has 0 unspecified atom stereocenters. The molecule has 1 N–H and O–H groups in total. The Morgan fingerprint density at radius 1 is 1.17 bits per heavy atom. The lowest BCUT2D eigenvalue weighted by Crippen LogP contribution is -2.38. The van der Waals surface area contributed by atoms with Gasteiger partial charge in [0, 0.05) is 37.9 Å². The van der Waals surface area contributed by atoms with Crippen LogP contribution in [0.2, 0.25) is 0 Å². The van der Waals surface area contributed by atoms with Crippen molar-refractivity contribution < 1.29 is 14.7 Å². The molecule has 2 aromatic heterocycles. The number of aryl methyl sites for hydroxylation is 1. The zero-order valence-corrected chi connectivity index (χ0v) is 12.7. The van der Waals surface area contributed by atoms with Gasteiger partial charge in [0.2, 0.25) is 0 Å². The highest BCUT2D eigenvalue weighted by molar-refractivity contribution is 5.92. The Hall–Kier alpha value is -2.77. The first kappa shape index (κ1) is 15.1. The first-order valence-electron chi connectivity index (χ1n) is 7.39. The molecule has 3 rings (SSSR count). The molecule has 0 spiro atoms. The number of nitrogens with zero attached hydrogens (tertiary/aromatic N) is 5. The fourth-order valence-corrected chi connectivity index (χ4v) is 2.87. The summed E-state index contributed by atoms with van der Waals surface area (Å²) in [6.07, 6.45) is 5.85. The molecule has 1 saturated heterocycles. The molecule has 2 aromatic rings. The van der Waals surface area contributed by atoms with Crippen molar-refractivity contribution in [3.05, 3.63) is 41.7 Å². The zero-order chi connectivity index (χ0) is 16.4. The monoisotopic (exact) mass is 315 g/mol. The first-order chi connectivity index (χ1) is 11.1. The van der Waals surface area contributed by atoms with Crippen LogP contribution in [0, 0.1) is 0 Å². The second-order valence-corrected chi connectivity index (χ2v) is 5.54. The van der Waals surface area contributed by atoms with Crippen LogP contribution in [0.4, 0.5) is 0 Å². The minimum Gasteiger partial charge on any atom is -0.476 e. The maximum atomic E-state index is 12.4. The van der Waals surface area contributed by atoms with Crippen molar-refractivity contribution in [2.45, 2.75) is 18.8 Å². The standard InChI is InChI=1S/C15H17N5O3/c1-19-13(2-5-18-19)10-3-6-20(7-4-10)14(21)11-8-17-12(9-16-11)15(22)23/h2,5,8-10H,3-4,6-7H2,1H3,(H,22,23). The van der Waals surface area contributed by atoms with E-state index in [1.54, 1.807) is 11.1 Å². The number of piperidine rings is 1. The highest BCUT2D eigenvalue weighted by Gasteiger charge is 2.26. The van der Waals surface area contributed by atoms with Crippen molar-refractivity contribution in [1.82, 2.24) is 24.6 Å². The molecule has 0 radical (unpaired) electrons. The van der Waals surface area contributed by atoms with Gasteiger partial charge in [0.05, 0.1) is 12.4 Å². The molecule has 120 valence electrons. The lowest BCUT2D eigenvalue weighted by Gasteiger charge is -2.31. The van der Waals surface area contributed by atoms with E-state index in [4.69, 9.17) is 5.11 Å². The summed E-state index contributed by atoms with van der Waals surface area (Å²) in [7, 11) is 1.92. The molecule has 0 aromatic carbocycles. The third-order valence-corrected chi connectivity index (χ3v) is 4.15. The number of carbonyl (C=O) groups is 2. The zero-order valence-electron chi connectivity index (χ0n) is 12.7. The molecule has 1 aliphatic heterocycles. The fourth-order valence-electron chi connectivity index (χ4n) is 2.87. The summed E-state index contributed by atoms with van der Waals surface area (Å²) in [5.74, 6) is -0.974. The average molecular weight is 315 g/mol. The van der Waals surface area contributed by atoms with Crippen LogP contribution in [0.15, 0.2) is 24.7 Å². The summed E-state index contributed by atoms with van der Waals surface area (Å²) in [4.78, 5) is 32.5. The SMILES string of the molecule is Cn1nccc1C1CCN(C(=O)c2cnc(C(=O)O)cn2)CC1. The van der Waals surface area contributed by atoms with E-state index in [-0.39, 0.29) is 17.3 Å². The number of carboxylic acids is 1. The average Bonchev–Trinajstić information content (AvgIpc) is 3.00. The number of hydrogen-bond acceptors (Lipinski definition) is 5. The van der Waals surface area contributed by atoms with Gasteiger partial charge in [-0.25, -0.2) is 14.8 Å². The molecule has 3 heterocycles. The van der Waals surface area contributed by atoms with Crippen LogP contribution in [-0.4, -0.2) is 54.7 Å². The Morgan fingerprint density at radius 2 is 1.83 bits per heavy atom. The van der Waals surface area contributed by atoms with Gasteiger partial charge < -0.3 is 10.0 Å². The van der Waals surface area contributed by atoms with Gasteiger partial charge in [-0.15, -0.1) is 0 Å². The summed E-state index contributed by atoms with van der Waals surface area (Å²) >= 11 is 0. The molecule has 0 aliphatic carbocycles. The van der Waals surface area contributed by atoms with E-state index in [9.17, 15) is 9.59 Å².